The number of nitrogens with one attached hydrogen (secondary N) is 1. The van der Waals surface area contributed by atoms with Crippen molar-refractivity contribution in [2.45, 2.75) is 31.2 Å². The second kappa shape index (κ2) is 11.1. The van der Waals surface area contributed by atoms with Gasteiger partial charge in [0, 0.05) is 25.2 Å². The first-order valence-electron chi connectivity index (χ1n) is 9.44. The molecule has 2 rings (SSSR count). The number of carbonyl (C=O) groups excluding carboxylic acids is 2. The van der Waals surface area contributed by atoms with Crippen LogP contribution < -0.4 is 4.72 Å². The van der Waals surface area contributed by atoms with Crippen molar-refractivity contribution in [2.24, 2.45) is 0 Å². The Bertz CT molecular complexity index is 977. The quantitative estimate of drug-likeness (QED) is 0.559. The number of esters is 1. The minimum atomic E-state index is -3.78. The summed E-state index contributed by atoms with van der Waals surface area (Å²) in [6.45, 7) is 1.92. The lowest BCUT2D eigenvalue weighted by Crippen LogP contribution is -2.31. The third-order valence-corrected chi connectivity index (χ3v) is 6.05. The van der Waals surface area contributed by atoms with Gasteiger partial charge in [0.1, 0.15) is 0 Å². The van der Waals surface area contributed by atoms with Gasteiger partial charge < -0.3 is 9.64 Å². The lowest BCUT2D eigenvalue weighted by atomic mass is 10.1. The molecule has 0 aliphatic rings. The largest absolute Gasteiger partial charge is 0.456 e. The lowest BCUT2D eigenvalue weighted by Gasteiger charge is -2.17. The summed E-state index contributed by atoms with van der Waals surface area (Å²) in [5.74, 6) is -1.01. The first kappa shape index (κ1) is 23.9. The van der Waals surface area contributed by atoms with Gasteiger partial charge in [0.2, 0.25) is 10.0 Å². The van der Waals surface area contributed by atoms with E-state index in [9.17, 15) is 18.0 Å². The highest BCUT2D eigenvalue weighted by molar-refractivity contribution is 7.89. The zero-order chi connectivity index (χ0) is 22.1. The number of hydrogen-bond acceptors (Lipinski definition) is 5. The van der Waals surface area contributed by atoms with Crippen molar-refractivity contribution in [3.8, 4) is 0 Å². The van der Waals surface area contributed by atoms with E-state index in [1.165, 1.54) is 28.7 Å². The fourth-order valence-corrected chi connectivity index (χ4v) is 3.90. The number of rotatable bonds is 10. The van der Waals surface area contributed by atoms with Crippen LogP contribution in [0.15, 0.2) is 53.4 Å². The molecule has 162 valence electrons. The van der Waals surface area contributed by atoms with Crippen molar-refractivity contribution in [3.05, 3.63) is 64.7 Å². The van der Waals surface area contributed by atoms with Gasteiger partial charge in [-0.1, -0.05) is 48.9 Å². The SMILES string of the molecule is CCc1ccc(CN(C)C(=O)COC(=O)CCNS(=O)(=O)c2cccc(Cl)c2)cc1. The molecule has 0 saturated carbocycles. The van der Waals surface area contributed by atoms with Gasteiger partial charge in [-0.2, -0.15) is 0 Å². The number of sulfonamides is 1. The summed E-state index contributed by atoms with van der Waals surface area (Å²) in [5.41, 5.74) is 2.19. The molecule has 9 heteroatoms. The summed E-state index contributed by atoms with van der Waals surface area (Å²) < 4.78 is 31.6. The molecule has 0 fully saturated rings. The van der Waals surface area contributed by atoms with Crippen LogP contribution in [0.3, 0.4) is 0 Å². The van der Waals surface area contributed by atoms with Crippen LogP contribution in [0.4, 0.5) is 0 Å². The van der Waals surface area contributed by atoms with Gasteiger partial charge in [-0.3, -0.25) is 9.59 Å². The van der Waals surface area contributed by atoms with Crippen molar-refractivity contribution in [1.82, 2.24) is 9.62 Å². The van der Waals surface area contributed by atoms with Crippen LogP contribution in [0.2, 0.25) is 5.02 Å². The predicted octanol–water partition coefficient (Wildman–Crippen LogP) is 2.77. The molecule has 1 N–H and O–H groups in total. The zero-order valence-corrected chi connectivity index (χ0v) is 18.5. The summed E-state index contributed by atoms with van der Waals surface area (Å²) in [6.07, 6.45) is 0.746. The van der Waals surface area contributed by atoms with Gasteiger partial charge in [0.05, 0.1) is 11.3 Å². The molecular formula is C21H25ClN2O5S. The van der Waals surface area contributed by atoms with E-state index in [0.29, 0.717) is 11.6 Å². The van der Waals surface area contributed by atoms with Crippen LogP contribution in [-0.2, 0) is 37.3 Å². The van der Waals surface area contributed by atoms with Crippen molar-refractivity contribution >= 4 is 33.5 Å². The third kappa shape index (κ3) is 7.44. The zero-order valence-electron chi connectivity index (χ0n) is 16.9. The Balaban J connectivity index is 1.73. The molecule has 0 heterocycles. The van der Waals surface area contributed by atoms with Crippen LogP contribution in [0, 0.1) is 0 Å². The van der Waals surface area contributed by atoms with Crippen molar-refractivity contribution in [3.63, 3.8) is 0 Å². The highest BCUT2D eigenvalue weighted by atomic mass is 35.5. The molecule has 2 aromatic rings. The molecule has 0 bridgehead atoms. The number of carbonyl (C=O) groups is 2. The van der Waals surface area contributed by atoms with Gasteiger partial charge in [-0.25, -0.2) is 13.1 Å². The average molecular weight is 453 g/mol. The standard InChI is InChI=1S/C21H25ClN2O5S/c1-3-16-7-9-17(10-8-16)14-24(2)20(25)15-29-21(26)11-12-23-30(27,28)19-6-4-5-18(22)13-19/h4-10,13,23H,3,11-12,14-15H2,1-2H3. The number of likely N-dealkylation sites (N-methyl/N-ethyl adjacent to an activating group) is 1. The van der Waals surface area contributed by atoms with E-state index >= 15 is 0 Å². The highest BCUT2D eigenvalue weighted by Crippen LogP contribution is 2.15. The molecule has 0 aromatic heterocycles. The van der Waals surface area contributed by atoms with Crippen LogP contribution >= 0.6 is 11.6 Å². The van der Waals surface area contributed by atoms with Crippen LogP contribution in [0.25, 0.3) is 0 Å². The number of aryl methyl sites for hydroxylation is 1. The van der Waals surface area contributed by atoms with Crippen LogP contribution in [0.1, 0.15) is 24.5 Å². The second-order valence-corrected chi connectivity index (χ2v) is 8.89. The number of ether oxygens (including phenoxy) is 1. The Morgan fingerprint density at radius 3 is 2.40 bits per heavy atom. The van der Waals surface area contributed by atoms with Crippen molar-refractivity contribution in [1.29, 1.82) is 0 Å². The monoisotopic (exact) mass is 452 g/mol. The normalized spacial score (nSPS) is 11.2. The molecule has 0 unspecified atom stereocenters. The predicted molar refractivity (Wildman–Crippen MR) is 115 cm³/mol. The summed E-state index contributed by atoms with van der Waals surface area (Å²) in [6, 6.07) is 13.7. The molecule has 0 aliphatic carbocycles. The molecule has 0 saturated heterocycles. The van der Waals surface area contributed by atoms with E-state index in [-0.39, 0.29) is 23.8 Å². The molecule has 0 atom stereocenters. The van der Waals surface area contributed by atoms with E-state index in [1.807, 2.05) is 24.3 Å². The Morgan fingerprint density at radius 2 is 1.77 bits per heavy atom. The smallest absolute Gasteiger partial charge is 0.307 e. The maximum Gasteiger partial charge on any atom is 0.307 e. The van der Waals surface area contributed by atoms with Gasteiger partial charge in [-0.05, 0) is 35.7 Å². The Morgan fingerprint density at radius 1 is 1.10 bits per heavy atom. The molecule has 7 nitrogen and oxygen atoms in total. The van der Waals surface area contributed by atoms with Gasteiger partial charge in [0.15, 0.2) is 6.61 Å². The Labute approximate surface area is 182 Å². The fourth-order valence-electron chi connectivity index (χ4n) is 2.57. The second-order valence-electron chi connectivity index (χ2n) is 6.69. The van der Waals surface area contributed by atoms with E-state index < -0.39 is 22.6 Å². The number of amides is 1. The third-order valence-electron chi connectivity index (χ3n) is 4.36. The fraction of sp³-hybridized carbons (Fsp3) is 0.333. The van der Waals surface area contributed by atoms with Crippen LogP contribution in [0.5, 0.6) is 0 Å². The first-order chi connectivity index (χ1) is 14.2. The maximum atomic E-state index is 12.2. The van der Waals surface area contributed by atoms with Gasteiger partial charge in [0.25, 0.3) is 5.91 Å². The molecule has 0 radical (unpaired) electrons. The minimum Gasteiger partial charge on any atom is -0.456 e. The van der Waals surface area contributed by atoms with E-state index in [2.05, 4.69) is 11.6 Å². The molecule has 30 heavy (non-hydrogen) atoms. The Hall–Kier alpha value is -2.42. The number of benzene rings is 2. The molecule has 1 amide bonds. The average Bonchev–Trinajstić information content (AvgIpc) is 2.72. The number of halogens is 1. The minimum absolute atomic E-state index is 0.00661. The van der Waals surface area contributed by atoms with E-state index in [1.54, 1.807) is 13.1 Å². The lowest BCUT2D eigenvalue weighted by molar-refractivity contribution is -0.151. The Kier molecular flexibility index (Phi) is 8.83. The summed E-state index contributed by atoms with van der Waals surface area (Å²) >= 11 is 5.79. The first-order valence-corrected chi connectivity index (χ1v) is 11.3. The number of nitrogens with zero attached hydrogens (tertiary/aromatic N) is 1. The van der Waals surface area contributed by atoms with E-state index in [0.717, 1.165) is 12.0 Å². The summed E-state index contributed by atoms with van der Waals surface area (Å²) in [4.78, 5) is 25.5. The highest BCUT2D eigenvalue weighted by Gasteiger charge is 2.16. The van der Waals surface area contributed by atoms with Gasteiger partial charge >= 0.3 is 5.97 Å². The van der Waals surface area contributed by atoms with E-state index in [4.69, 9.17) is 16.3 Å². The summed E-state index contributed by atoms with van der Waals surface area (Å²) in [7, 11) is -2.15. The molecule has 2 aromatic carbocycles. The van der Waals surface area contributed by atoms with Crippen molar-refractivity contribution in [2.75, 3.05) is 20.2 Å². The molecular weight excluding hydrogens is 428 g/mol. The molecule has 0 spiro atoms. The topological polar surface area (TPSA) is 92.8 Å². The molecule has 0 aliphatic heterocycles. The number of hydrogen-bond donors (Lipinski definition) is 1. The van der Waals surface area contributed by atoms with Crippen molar-refractivity contribution < 1.29 is 22.7 Å². The summed E-state index contributed by atoms with van der Waals surface area (Å²) in [5, 5.41) is 0.293. The van der Waals surface area contributed by atoms with Crippen LogP contribution in [-0.4, -0.2) is 45.4 Å². The maximum absolute atomic E-state index is 12.2. The van der Waals surface area contributed by atoms with Gasteiger partial charge in [-0.15, -0.1) is 0 Å².